The van der Waals surface area contributed by atoms with Gasteiger partial charge in [0.25, 0.3) is 0 Å². The first-order valence-electron chi connectivity index (χ1n) is 9.03. The highest BCUT2D eigenvalue weighted by molar-refractivity contribution is 6.42. The average Bonchev–Trinajstić information content (AvgIpc) is 2.66. The summed E-state index contributed by atoms with van der Waals surface area (Å²) in [5, 5.41) is 3.86. The number of carbonyl (C=O) groups is 1. The number of benzene rings is 2. The van der Waals surface area contributed by atoms with Gasteiger partial charge in [-0.05, 0) is 36.6 Å². The maximum absolute atomic E-state index is 13.9. The molecule has 0 aromatic heterocycles. The molecule has 0 bridgehead atoms. The van der Waals surface area contributed by atoms with E-state index < -0.39 is 0 Å². The third kappa shape index (κ3) is 3.77. The molecule has 2 aromatic rings. The number of nitrogens with zero attached hydrogens (tertiary/aromatic N) is 2. The molecule has 7 heteroatoms. The Morgan fingerprint density at radius 1 is 1.11 bits per heavy atom. The topological polar surface area (TPSA) is 35.6 Å². The second-order valence-corrected chi connectivity index (χ2v) is 7.84. The van der Waals surface area contributed by atoms with Gasteiger partial charge < -0.3 is 5.32 Å². The van der Waals surface area contributed by atoms with Crippen LogP contribution in [0.2, 0.25) is 10.0 Å². The third-order valence-corrected chi connectivity index (χ3v) is 6.03. The zero-order valence-electron chi connectivity index (χ0n) is 14.7. The lowest BCUT2D eigenvalue weighted by atomic mass is 9.99. The molecule has 1 N–H and O–H groups in total. The van der Waals surface area contributed by atoms with Crippen molar-refractivity contribution in [3.63, 3.8) is 0 Å². The summed E-state index contributed by atoms with van der Waals surface area (Å²) >= 11 is 12.3. The van der Waals surface area contributed by atoms with Crippen molar-refractivity contribution in [2.75, 3.05) is 18.0 Å². The van der Waals surface area contributed by atoms with Gasteiger partial charge in [0.15, 0.2) is 0 Å². The maximum atomic E-state index is 13.9. The Balaban J connectivity index is 1.48. The largest absolute Gasteiger partial charge is 0.334 e. The van der Waals surface area contributed by atoms with Gasteiger partial charge >= 0.3 is 6.03 Å². The summed E-state index contributed by atoms with van der Waals surface area (Å²) in [4.78, 5) is 16.6. The number of anilines is 1. The zero-order valence-corrected chi connectivity index (χ0v) is 16.2. The van der Waals surface area contributed by atoms with E-state index in [4.69, 9.17) is 23.2 Å². The van der Waals surface area contributed by atoms with Gasteiger partial charge in [-0.25, -0.2) is 9.18 Å². The van der Waals surface area contributed by atoms with Crippen LogP contribution in [0, 0.1) is 5.82 Å². The molecule has 2 aromatic carbocycles. The molecule has 2 aliphatic heterocycles. The minimum absolute atomic E-state index is 0.0816. The number of halogens is 3. The zero-order chi connectivity index (χ0) is 19.0. The summed E-state index contributed by atoms with van der Waals surface area (Å²) in [7, 11) is 0. The molecule has 0 saturated carbocycles. The number of rotatable bonds is 3. The predicted molar refractivity (Wildman–Crippen MR) is 106 cm³/mol. The Hall–Kier alpha value is -1.82. The second-order valence-electron chi connectivity index (χ2n) is 7.02. The van der Waals surface area contributed by atoms with Gasteiger partial charge in [-0.15, -0.1) is 0 Å². The van der Waals surface area contributed by atoms with Gasteiger partial charge in [0.1, 0.15) is 5.82 Å². The molecule has 2 heterocycles. The van der Waals surface area contributed by atoms with Crippen LogP contribution in [0.3, 0.4) is 0 Å². The van der Waals surface area contributed by atoms with E-state index in [0.29, 0.717) is 28.7 Å². The molecule has 4 rings (SSSR count). The molecule has 0 aliphatic carbocycles. The number of amides is 2. The second kappa shape index (κ2) is 7.66. The van der Waals surface area contributed by atoms with Crippen LogP contribution < -0.4 is 10.2 Å². The Labute approximate surface area is 167 Å². The lowest BCUT2D eigenvalue weighted by Gasteiger charge is -2.41. The Bertz CT molecular complexity index is 868. The van der Waals surface area contributed by atoms with Crippen molar-refractivity contribution in [2.45, 2.75) is 32.0 Å². The van der Waals surface area contributed by atoms with E-state index in [9.17, 15) is 9.18 Å². The standard InChI is InChI=1S/C20H20Cl2FN3O/c21-16-9-14-11-24-20(27)26(19(14)10-17(16)22)15-5-7-25(8-6-15)12-13-3-1-2-4-18(13)23/h1-4,9-10,15H,5-8,11-12H2,(H,24,27). The summed E-state index contributed by atoms with van der Waals surface area (Å²) in [6.45, 7) is 2.65. The minimum Gasteiger partial charge on any atom is -0.334 e. The molecule has 0 atom stereocenters. The fourth-order valence-electron chi connectivity index (χ4n) is 3.87. The quantitative estimate of drug-likeness (QED) is 0.790. The summed E-state index contributed by atoms with van der Waals surface area (Å²) < 4.78 is 13.9. The fraction of sp³-hybridized carbons (Fsp3) is 0.350. The van der Waals surface area contributed by atoms with Crippen molar-refractivity contribution in [2.24, 2.45) is 0 Å². The molecule has 4 nitrogen and oxygen atoms in total. The molecule has 0 unspecified atom stereocenters. The Morgan fingerprint density at radius 2 is 1.81 bits per heavy atom. The molecule has 1 saturated heterocycles. The number of likely N-dealkylation sites (tertiary alicyclic amines) is 1. The van der Waals surface area contributed by atoms with Gasteiger partial charge in [-0.2, -0.15) is 0 Å². The monoisotopic (exact) mass is 407 g/mol. The van der Waals surface area contributed by atoms with Crippen molar-refractivity contribution in [3.8, 4) is 0 Å². The van der Waals surface area contributed by atoms with Crippen molar-refractivity contribution in [1.29, 1.82) is 0 Å². The van der Waals surface area contributed by atoms with E-state index in [1.807, 2.05) is 23.1 Å². The van der Waals surface area contributed by atoms with Crippen LogP contribution in [0.15, 0.2) is 36.4 Å². The van der Waals surface area contributed by atoms with Gasteiger partial charge in [-0.1, -0.05) is 41.4 Å². The minimum atomic E-state index is -0.171. The lowest BCUT2D eigenvalue weighted by Crippen LogP contribution is -2.53. The van der Waals surface area contributed by atoms with Crippen LogP contribution >= 0.6 is 23.2 Å². The van der Waals surface area contributed by atoms with Crippen LogP contribution in [0.5, 0.6) is 0 Å². The number of carbonyl (C=O) groups excluding carboxylic acids is 1. The van der Waals surface area contributed by atoms with Crippen LogP contribution in [-0.2, 0) is 13.1 Å². The van der Waals surface area contributed by atoms with Crippen molar-refractivity contribution in [1.82, 2.24) is 10.2 Å². The maximum Gasteiger partial charge on any atom is 0.322 e. The average molecular weight is 408 g/mol. The highest BCUT2D eigenvalue weighted by atomic mass is 35.5. The summed E-state index contributed by atoms with van der Waals surface area (Å²) in [5.41, 5.74) is 2.51. The van der Waals surface area contributed by atoms with Crippen molar-refractivity contribution < 1.29 is 9.18 Å². The molecule has 0 radical (unpaired) electrons. The van der Waals surface area contributed by atoms with E-state index in [1.165, 1.54) is 6.07 Å². The molecule has 1 fully saturated rings. The Kier molecular flexibility index (Phi) is 5.26. The highest BCUT2D eigenvalue weighted by Gasteiger charge is 2.33. The number of fused-ring (bicyclic) bond motifs is 1. The van der Waals surface area contributed by atoms with Gasteiger partial charge in [0.2, 0.25) is 0 Å². The molecule has 27 heavy (non-hydrogen) atoms. The highest BCUT2D eigenvalue weighted by Crippen LogP contribution is 2.36. The van der Waals surface area contributed by atoms with Crippen molar-refractivity contribution in [3.05, 3.63) is 63.4 Å². The van der Waals surface area contributed by atoms with E-state index in [2.05, 4.69) is 10.2 Å². The smallest absolute Gasteiger partial charge is 0.322 e. The number of hydrogen-bond acceptors (Lipinski definition) is 2. The van der Waals surface area contributed by atoms with Crippen molar-refractivity contribution >= 4 is 34.9 Å². The molecular weight excluding hydrogens is 388 g/mol. The Morgan fingerprint density at radius 3 is 2.56 bits per heavy atom. The first-order chi connectivity index (χ1) is 13.0. The molecular formula is C20H20Cl2FN3O. The van der Waals surface area contributed by atoms with E-state index >= 15 is 0 Å². The molecule has 0 spiro atoms. The molecule has 2 aliphatic rings. The number of urea groups is 1. The molecule has 2 amide bonds. The fourth-order valence-corrected chi connectivity index (χ4v) is 4.22. The first kappa shape index (κ1) is 18.5. The van der Waals surface area contributed by atoms with Crippen LogP contribution in [0.4, 0.5) is 14.9 Å². The van der Waals surface area contributed by atoms with E-state index in [0.717, 1.165) is 37.2 Å². The number of piperidine rings is 1. The van der Waals surface area contributed by atoms with Gasteiger partial charge in [0, 0.05) is 37.8 Å². The molecule has 142 valence electrons. The van der Waals surface area contributed by atoms with Crippen LogP contribution in [-0.4, -0.2) is 30.1 Å². The third-order valence-electron chi connectivity index (χ3n) is 5.30. The van der Waals surface area contributed by atoms with E-state index in [1.54, 1.807) is 12.1 Å². The lowest BCUT2D eigenvalue weighted by molar-refractivity contribution is 0.194. The van der Waals surface area contributed by atoms with Gasteiger partial charge in [0.05, 0.1) is 15.7 Å². The SMILES string of the molecule is O=C1NCc2cc(Cl)c(Cl)cc2N1C1CCN(Cc2ccccc2F)CC1. The normalized spacial score (nSPS) is 18.3. The summed E-state index contributed by atoms with van der Waals surface area (Å²) in [6.07, 6.45) is 1.64. The number of hydrogen-bond donors (Lipinski definition) is 1. The van der Waals surface area contributed by atoms with E-state index in [-0.39, 0.29) is 17.9 Å². The van der Waals surface area contributed by atoms with Gasteiger partial charge in [-0.3, -0.25) is 9.80 Å². The van der Waals surface area contributed by atoms with Crippen LogP contribution in [0.1, 0.15) is 24.0 Å². The summed E-state index contributed by atoms with van der Waals surface area (Å²) in [5.74, 6) is -0.171. The van der Waals surface area contributed by atoms with Crippen LogP contribution in [0.25, 0.3) is 0 Å². The summed E-state index contributed by atoms with van der Waals surface area (Å²) in [6, 6.07) is 10.5. The first-order valence-corrected chi connectivity index (χ1v) is 9.79. The predicted octanol–water partition coefficient (Wildman–Crippen LogP) is 4.83. The number of nitrogens with one attached hydrogen (secondary N) is 1.